The van der Waals surface area contributed by atoms with Gasteiger partial charge in [0.1, 0.15) is 0 Å². The zero-order valence-electron chi connectivity index (χ0n) is 8.35. The van der Waals surface area contributed by atoms with Gasteiger partial charge in [-0.2, -0.15) is 0 Å². The van der Waals surface area contributed by atoms with Gasteiger partial charge < -0.3 is 0 Å². The normalized spacial score (nSPS) is 33.1. The summed E-state index contributed by atoms with van der Waals surface area (Å²) in [6.07, 6.45) is 7.69. The predicted molar refractivity (Wildman–Crippen MR) is 58.7 cm³/mol. The molecule has 1 saturated carbocycles. The molecule has 2 fully saturated rings. The summed E-state index contributed by atoms with van der Waals surface area (Å²) in [4.78, 5) is 8.35. The molecule has 0 amide bonds. The van der Waals surface area contributed by atoms with E-state index in [0.717, 1.165) is 12.0 Å². The standard InChI is InChI=1S/C11H16N2S/c1-2-4-13(5-3-1)10-6-9(10)11-7-12-8-14-11/h7-10H,1-6H2/t9-,10-/m1/s1. The first-order chi connectivity index (χ1) is 6.95. The molecule has 0 unspecified atom stereocenters. The van der Waals surface area contributed by atoms with Crippen molar-refractivity contribution in [1.82, 2.24) is 9.88 Å². The number of rotatable bonds is 2. The molecule has 0 radical (unpaired) electrons. The van der Waals surface area contributed by atoms with Gasteiger partial charge in [0.25, 0.3) is 0 Å². The topological polar surface area (TPSA) is 16.1 Å². The third-order valence-electron chi connectivity index (χ3n) is 3.43. The number of likely N-dealkylation sites (tertiary alicyclic amines) is 1. The highest BCUT2D eigenvalue weighted by Gasteiger charge is 2.43. The number of aromatic nitrogens is 1. The molecule has 3 rings (SSSR count). The van der Waals surface area contributed by atoms with Crippen molar-refractivity contribution in [3.63, 3.8) is 0 Å². The summed E-state index contributed by atoms with van der Waals surface area (Å²) in [5, 5.41) is 0. The van der Waals surface area contributed by atoms with Crippen molar-refractivity contribution in [3.8, 4) is 0 Å². The van der Waals surface area contributed by atoms with E-state index in [1.165, 1.54) is 43.6 Å². The van der Waals surface area contributed by atoms with Gasteiger partial charge in [0.2, 0.25) is 0 Å². The molecule has 2 heterocycles. The van der Waals surface area contributed by atoms with E-state index in [1.54, 1.807) is 0 Å². The summed E-state index contributed by atoms with van der Waals surface area (Å²) in [7, 11) is 0. The predicted octanol–water partition coefficient (Wildman–Crippen LogP) is 2.48. The molecule has 1 aromatic rings. The van der Waals surface area contributed by atoms with Crippen LogP contribution >= 0.6 is 11.3 Å². The molecule has 0 N–H and O–H groups in total. The van der Waals surface area contributed by atoms with Crippen LogP contribution in [0.25, 0.3) is 0 Å². The quantitative estimate of drug-likeness (QED) is 0.742. The van der Waals surface area contributed by atoms with Gasteiger partial charge in [0.05, 0.1) is 5.51 Å². The SMILES string of the molecule is c1ncc([C@@H]2C[C@H]2N2CCCCC2)s1. The molecule has 1 aromatic heterocycles. The second-order valence-electron chi connectivity index (χ2n) is 4.41. The van der Waals surface area contributed by atoms with Crippen LogP contribution in [0.5, 0.6) is 0 Å². The van der Waals surface area contributed by atoms with E-state index >= 15 is 0 Å². The highest BCUT2D eigenvalue weighted by atomic mass is 32.1. The van der Waals surface area contributed by atoms with Crippen molar-refractivity contribution >= 4 is 11.3 Å². The van der Waals surface area contributed by atoms with Crippen molar-refractivity contribution in [1.29, 1.82) is 0 Å². The summed E-state index contributed by atoms with van der Waals surface area (Å²) < 4.78 is 0. The first-order valence-electron chi connectivity index (χ1n) is 5.57. The second kappa shape index (κ2) is 3.63. The molecule has 1 aliphatic carbocycles. The monoisotopic (exact) mass is 208 g/mol. The minimum absolute atomic E-state index is 0.820. The molecular weight excluding hydrogens is 192 g/mol. The Hall–Kier alpha value is -0.410. The number of hydrogen-bond acceptors (Lipinski definition) is 3. The van der Waals surface area contributed by atoms with E-state index < -0.39 is 0 Å². The van der Waals surface area contributed by atoms with Crippen LogP contribution < -0.4 is 0 Å². The smallest absolute Gasteiger partial charge is 0.0794 e. The first kappa shape index (κ1) is 8.86. The highest BCUT2D eigenvalue weighted by Crippen LogP contribution is 2.46. The maximum Gasteiger partial charge on any atom is 0.0794 e. The minimum Gasteiger partial charge on any atom is -0.300 e. The summed E-state index contributed by atoms with van der Waals surface area (Å²) in [5.41, 5.74) is 1.96. The molecule has 1 saturated heterocycles. The molecule has 2 atom stereocenters. The Balaban J connectivity index is 1.62. The van der Waals surface area contributed by atoms with Crippen LogP contribution in [0, 0.1) is 0 Å². The van der Waals surface area contributed by atoms with Gasteiger partial charge in [-0.25, -0.2) is 0 Å². The third-order valence-corrected chi connectivity index (χ3v) is 4.34. The lowest BCUT2D eigenvalue weighted by atomic mass is 10.1. The first-order valence-corrected chi connectivity index (χ1v) is 6.45. The molecule has 14 heavy (non-hydrogen) atoms. The number of hydrogen-bond donors (Lipinski definition) is 0. The van der Waals surface area contributed by atoms with Crippen molar-refractivity contribution in [2.45, 2.75) is 37.6 Å². The average Bonchev–Trinajstić information content (AvgIpc) is 2.87. The number of thiazole rings is 1. The van der Waals surface area contributed by atoms with Gasteiger partial charge in [0.15, 0.2) is 0 Å². The van der Waals surface area contributed by atoms with Crippen LogP contribution in [0.1, 0.15) is 36.5 Å². The van der Waals surface area contributed by atoms with Crippen LogP contribution in [-0.2, 0) is 0 Å². The van der Waals surface area contributed by atoms with Crippen molar-refractivity contribution in [3.05, 3.63) is 16.6 Å². The van der Waals surface area contributed by atoms with E-state index in [0.29, 0.717) is 0 Å². The summed E-state index contributed by atoms with van der Waals surface area (Å²) >= 11 is 1.82. The van der Waals surface area contributed by atoms with Gasteiger partial charge in [-0.3, -0.25) is 9.88 Å². The van der Waals surface area contributed by atoms with Gasteiger partial charge in [-0.05, 0) is 32.4 Å². The molecular formula is C11H16N2S. The fourth-order valence-electron chi connectivity index (χ4n) is 2.55. The molecule has 1 aliphatic heterocycles. The van der Waals surface area contributed by atoms with Crippen LogP contribution in [0.15, 0.2) is 11.7 Å². The molecule has 3 heteroatoms. The van der Waals surface area contributed by atoms with Crippen LogP contribution in [0.4, 0.5) is 0 Å². The fourth-order valence-corrected chi connectivity index (χ4v) is 3.34. The van der Waals surface area contributed by atoms with Gasteiger partial charge in [-0.1, -0.05) is 6.42 Å². The van der Waals surface area contributed by atoms with E-state index in [9.17, 15) is 0 Å². The maximum absolute atomic E-state index is 4.16. The van der Waals surface area contributed by atoms with Crippen LogP contribution in [-0.4, -0.2) is 29.0 Å². The Bertz CT molecular complexity index is 290. The van der Waals surface area contributed by atoms with Crippen LogP contribution in [0.3, 0.4) is 0 Å². The lowest BCUT2D eigenvalue weighted by Gasteiger charge is -2.26. The van der Waals surface area contributed by atoms with Crippen molar-refractivity contribution < 1.29 is 0 Å². The highest BCUT2D eigenvalue weighted by molar-refractivity contribution is 7.09. The van der Waals surface area contributed by atoms with Crippen molar-refractivity contribution in [2.75, 3.05) is 13.1 Å². The minimum atomic E-state index is 0.820. The second-order valence-corrected chi connectivity index (χ2v) is 5.33. The maximum atomic E-state index is 4.16. The lowest BCUT2D eigenvalue weighted by Crippen LogP contribution is -2.32. The Morgan fingerprint density at radius 1 is 1.29 bits per heavy atom. The Morgan fingerprint density at radius 2 is 2.14 bits per heavy atom. The molecule has 0 spiro atoms. The average molecular weight is 208 g/mol. The Morgan fingerprint density at radius 3 is 2.86 bits per heavy atom. The lowest BCUT2D eigenvalue weighted by molar-refractivity contribution is 0.216. The zero-order chi connectivity index (χ0) is 9.38. The van der Waals surface area contributed by atoms with E-state index in [-0.39, 0.29) is 0 Å². The van der Waals surface area contributed by atoms with E-state index in [2.05, 4.69) is 16.1 Å². The Labute approximate surface area is 89.0 Å². The molecule has 76 valence electrons. The van der Waals surface area contributed by atoms with E-state index in [4.69, 9.17) is 0 Å². The molecule has 0 aromatic carbocycles. The van der Waals surface area contributed by atoms with E-state index in [1.807, 2.05) is 16.8 Å². The fraction of sp³-hybridized carbons (Fsp3) is 0.727. The molecule has 2 nitrogen and oxygen atoms in total. The van der Waals surface area contributed by atoms with Gasteiger partial charge in [-0.15, -0.1) is 11.3 Å². The van der Waals surface area contributed by atoms with Gasteiger partial charge in [0, 0.05) is 23.0 Å². The third kappa shape index (κ3) is 1.59. The summed E-state index contributed by atoms with van der Waals surface area (Å²) in [5.74, 6) is 0.820. The summed E-state index contributed by atoms with van der Waals surface area (Å²) in [6.45, 7) is 2.67. The Kier molecular flexibility index (Phi) is 2.30. The summed E-state index contributed by atoms with van der Waals surface area (Å²) in [6, 6.07) is 0.857. The number of piperidine rings is 1. The van der Waals surface area contributed by atoms with Crippen molar-refractivity contribution in [2.24, 2.45) is 0 Å². The molecule has 0 bridgehead atoms. The number of nitrogens with zero attached hydrogens (tertiary/aromatic N) is 2. The van der Waals surface area contributed by atoms with Gasteiger partial charge >= 0.3 is 0 Å². The molecule has 2 aliphatic rings. The zero-order valence-corrected chi connectivity index (χ0v) is 9.17. The van der Waals surface area contributed by atoms with Crippen LogP contribution in [0.2, 0.25) is 0 Å². The largest absolute Gasteiger partial charge is 0.300 e.